The van der Waals surface area contributed by atoms with Crippen LogP contribution < -0.4 is 5.32 Å². The molecule has 0 bridgehead atoms. The number of halogens is 3. The smallest absolute Gasteiger partial charge is 0.345 e. The molecule has 0 saturated carbocycles. The Labute approximate surface area is 108 Å². The lowest BCUT2D eigenvalue weighted by Gasteiger charge is -2.08. The minimum absolute atomic E-state index is 0.510. The summed E-state index contributed by atoms with van der Waals surface area (Å²) in [5.74, 6) is 0.839. The van der Waals surface area contributed by atoms with Crippen molar-refractivity contribution in [1.29, 1.82) is 0 Å². The molecule has 0 spiro atoms. The Kier molecular flexibility index (Phi) is 3.90. The molecule has 0 aliphatic rings. The van der Waals surface area contributed by atoms with Gasteiger partial charge in [0.25, 0.3) is 0 Å². The first-order valence-electron chi connectivity index (χ1n) is 5.82. The van der Waals surface area contributed by atoms with Gasteiger partial charge in [-0.15, -0.1) is 0 Å². The number of H-pyrrole nitrogens is 1. The summed E-state index contributed by atoms with van der Waals surface area (Å²) < 4.78 is 37.1. The number of nitrogens with zero attached hydrogens (tertiary/aromatic N) is 1. The van der Waals surface area contributed by atoms with E-state index in [1.54, 1.807) is 6.20 Å². The molecule has 0 atom stereocenters. The number of alkyl halides is 3. The first-order valence-corrected chi connectivity index (χ1v) is 5.82. The molecule has 0 unspecified atom stereocenters. The summed E-state index contributed by atoms with van der Waals surface area (Å²) in [4.78, 5) is 7.13. The topological polar surface area (TPSA) is 40.7 Å². The van der Waals surface area contributed by atoms with Crippen molar-refractivity contribution in [3.8, 4) is 0 Å². The SMILES string of the molecule is Cc1ncc(CNCc2ccc(C(F)(F)F)cc2)[nH]1. The van der Waals surface area contributed by atoms with Crippen LogP contribution in [0.1, 0.15) is 22.6 Å². The van der Waals surface area contributed by atoms with Crippen molar-refractivity contribution >= 4 is 0 Å². The van der Waals surface area contributed by atoms with Gasteiger partial charge in [-0.05, 0) is 24.6 Å². The maximum absolute atomic E-state index is 12.4. The van der Waals surface area contributed by atoms with E-state index in [2.05, 4.69) is 15.3 Å². The van der Waals surface area contributed by atoms with Gasteiger partial charge in [0.2, 0.25) is 0 Å². The Balaban J connectivity index is 1.86. The molecule has 2 N–H and O–H groups in total. The van der Waals surface area contributed by atoms with Crippen LogP contribution in [-0.4, -0.2) is 9.97 Å². The molecule has 0 aliphatic heterocycles. The molecule has 0 radical (unpaired) electrons. The van der Waals surface area contributed by atoms with Crippen LogP contribution in [0.25, 0.3) is 0 Å². The minimum Gasteiger partial charge on any atom is -0.345 e. The van der Waals surface area contributed by atoms with E-state index in [1.807, 2.05) is 6.92 Å². The summed E-state index contributed by atoms with van der Waals surface area (Å²) in [5, 5.41) is 3.14. The van der Waals surface area contributed by atoms with E-state index in [0.29, 0.717) is 13.1 Å². The number of aryl methyl sites for hydroxylation is 1. The Morgan fingerprint density at radius 3 is 2.37 bits per heavy atom. The van der Waals surface area contributed by atoms with Gasteiger partial charge in [-0.2, -0.15) is 13.2 Å². The third kappa shape index (κ3) is 3.82. The summed E-state index contributed by atoms with van der Waals surface area (Å²) in [7, 11) is 0. The first kappa shape index (κ1) is 13.6. The molecular formula is C13H14F3N3. The quantitative estimate of drug-likeness (QED) is 0.895. The number of nitrogens with one attached hydrogen (secondary N) is 2. The summed E-state index contributed by atoms with van der Waals surface area (Å²) >= 11 is 0. The molecule has 19 heavy (non-hydrogen) atoms. The van der Waals surface area contributed by atoms with Crippen molar-refractivity contribution in [3.05, 3.63) is 53.1 Å². The normalized spacial score (nSPS) is 11.8. The maximum Gasteiger partial charge on any atom is 0.416 e. The predicted molar refractivity (Wildman–Crippen MR) is 65.3 cm³/mol. The van der Waals surface area contributed by atoms with Gasteiger partial charge in [0.05, 0.1) is 5.56 Å². The Bertz CT molecular complexity index is 529. The van der Waals surface area contributed by atoms with E-state index in [0.717, 1.165) is 29.2 Å². The third-order valence-corrected chi connectivity index (χ3v) is 2.68. The fourth-order valence-electron chi connectivity index (χ4n) is 1.71. The van der Waals surface area contributed by atoms with E-state index in [4.69, 9.17) is 0 Å². The molecule has 1 aromatic heterocycles. The van der Waals surface area contributed by atoms with E-state index in [1.165, 1.54) is 12.1 Å². The number of rotatable bonds is 4. The first-order chi connectivity index (χ1) is 8.95. The number of aromatic nitrogens is 2. The van der Waals surface area contributed by atoms with Crippen LogP contribution in [-0.2, 0) is 19.3 Å². The highest BCUT2D eigenvalue weighted by atomic mass is 19.4. The fraction of sp³-hybridized carbons (Fsp3) is 0.308. The second-order valence-corrected chi connectivity index (χ2v) is 4.29. The molecular weight excluding hydrogens is 255 g/mol. The van der Waals surface area contributed by atoms with Gasteiger partial charge in [-0.1, -0.05) is 12.1 Å². The Morgan fingerprint density at radius 2 is 1.84 bits per heavy atom. The maximum atomic E-state index is 12.4. The van der Waals surface area contributed by atoms with Gasteiger partial charge >= 0.3 is 6.18 Å². The Morgan fingerprint density at radius 1 is 1.16 bits per heavy atom. The van der Waals surface area contributed by atoms with Gasteiger partial charge in [0.1, 0.15) is 5.82 Å². The zero-order valence-corrected chi connectivity index (χ0v) is 10.4. The van der Waals surface area contributed by atoms with Crippen LogP contribution in [0.15, 0.2) is 30.5 Å². The standard InChI is InChI=1S/C13H14F3N3/c1-9-18-8-12(19-9)7-17-6-10-2-4-11(5-3-10)13(14,15)16/h2-5,8,17H,6-7H2,1H3,(H,18,19). The van der Waals surface area contributed by atoms with Crippen molar-refractivity contribution in [1.82, 2.24) is 15.3 Å². The van der Waals surface area contributed by atoms with Gasteiger partial charge in [-0.25, -0.2) is 4.98 Å². The van der Waals surface area contributed by atoms with Gasteiger partial charge in [-0.3, -0.25) is 0 Å². The number of hydrogen-bond acceptors (Lipinski definition) is 2. The average Bonchev–Trinajstić information content (AvgIpc) is 2.75. The molecule has 0 fully saturated rings. The van der Waals surface area contributed by atoms with E-state index in [9.17, 15) is 13.2 Å². The molecule has 3 nitrogen and oxygen atoms in total. The predicted octanol–water partition coefficient (Wildman–Crippen LogP) is 3.03. The molecule has 2 aromatic rings. The largest absolute Gasteiger partial charge is 0.416 e. The number of imidazole rings is 1. The van der Waals surface area contributed by atoms with Crippen molar-refractivity contribution in [3.63, 3.8) is 0 Å². The molecule has 0 amide bonds. The molecule has 102 valence electrons. The van der Waals surface area contributed by atoms with E-state index in [-0.39, 0.29) is 0 Å². The van der Waals surface area contributed by atoms with Crippen LogP contribution in [0.4, 0.5) is 13.2 Å². The van der Waals surface area contributed by atoms with Crippen molar-refractivity contribution in [2.75, 3.05) is 0 Å². The van der Waals surface area contributed by atoms with Gasteiger partial charge in [0.15, 0.2) is 0 Å². The highest BCUT2D eigenvalue weighted by Crippen LogP contribution is 2.28. The highest BCUT2D eigenvalue weighted by Gasteiger charge is 2.29. The third-order valence-electron chi connectivity index (χ3n) is 2.68. The average molecular weight is 269 g/mol. The van der Waals surface area contributed by atoms with E-state index >= 15 is 0 Å². The van der Waals surface area contributed by atoms with Gasteiger partial charge < -0.3 is 10.3 Å². The van der Waals surface area contributed by atoms with Crippen molar-refractivity contribution in [2.45, 2.75) is 26.2 Å². The number of benzene rings is 1. The zero-order valence-electron chi connectivity index (χ0n) is 10.4. The molecule has 1 aromatic carbocycles. The zero-order chi connectivity index (χ0) is 13.9. The summed E-state index contributed by atoms with van der Waals surface area (Å²) in [6.07, 6.45) is -2.55. The number of hydrogen-bond donors (Lipinski definition) is 2. The molecule has 0 aliphatic carbocycles. The molecule has 0 saturated heterocycles. The summed E-state index contributed by atoms with van der Waals surface area (Å²) in [6.45, 7) is 2.97. The molecule has 2 rings (SSSR count). The van der Waals surface area contributed by atoms with Gasteiger partial charge in [0, 0.05) is 25.0 Å². The van der Waals surface area contributed by atoms with Crippen molar-refractivity contribution in [2.24, 2.45) is 0 Å². The lowest BCUT2D eigenvalue weighted by molar-refractivity contribution is -0.137. The summed E-state index contributed by atoms with van der Waals surface area (Å²) in [5.41, 5.74) is 1.13. The second-order valence-electron chi connectivity index (χ2n) is 4.29. The second kappa shape index (κ2) is 5.44. The van der Waals surface area contributed by atoms with Crippen LogP contribution in [0.3, 0.4) is 0 Å². The molecule has 6 heteroatoms. The van der Waals surface area contributed by atoms with Crippen LogP contribution in [0.2, 0.25) is 0 Å². The number of aromatic amines is 1. The molecule has 1 heterocycles. The van der Waals surface area contributed by atoms with Crippen LogP contribution >= 0.6 is 0 Å². The Hall–Kier alpha value is -1.82. The monoisotopic (exact) mass is 269 g/mol. The lowest BCUT2D eigenvalue weighted by atomic mass is 10.1. The lowest BCUT2D eigenvalue weighted by Crippen LogP contribution is -2.13. The minimum atomic E-state index is -4.28. The highest BCUT2D eigenvalue weighted by molar-refractivity contribution is 5.24. The van der Waals surface area contributed by atoms with Crippen molar-refractivity contribution < 1.29 is 13.2 Å². The summed E-state index contributed by atoms with van der Waals surface area (Å²) in [6, 6.07) is 5.15. The van der Waals surface area contributed by atoms with E-state index < -0.39 is 11.7 Å². The van der Waals surface area contributed by atoms with Crippen LogP contribution in [0, 0.1) is 6.92 Å². The fourth-order valence-corrected chi connectivity index (χ4v) is 1.71. The van der Waals surface area contributed by atoms with Crippen LogP contribution in [0.5, 0.6) is 0 Å².